The number of pyridine rings is 2. The van der Waals surface area contributed by atoms with E-state index < -0.39 is 11.6 Å². The number of nitrogens with one attached hydrogen (secondary N) is 1. The molecule has 1 aliphatic rings. The van der Waals surface area contributed by atoms with Crippen molar-refractivity contribution in [2.24, 2.45) is 0 Å². The van der Waals surface area contributed by atoms with E-state index in [4.69, 9.17) is 16.6 Å². The number of benzene rings is 2. The van der Waals surface area contributed by atoms with Crippen LogP contribution in [0.5, 0.6) is 0 Å². The second kappa shape index (κ2) is 8.33. The van der Waals surface area contributed by atoms with Crippen LogP contribution in [0.4, 0.5) is 8.78 Å². The summed E-state index contributed by atoms with van der Waals surface area (Å²) in [5.74, 6) is -1.06. The van der Waals surface area contributed by atoms with E-state index in [2.05, 4.69) is 16.4 Å². The highest BCUT2D eigenvalue weighted by molar-refractivity contribution is 6.33. The summed E-state index contributed by atoms with van der Waals surface area (Å²) in [7, 11) is 0. The molecule has 3 heterocycles. The van der Waals surface area contributed by atoms with Crippen LogP contribution in [0.15, 0.2) is 60.8 Å². The summed E-state index contributed by atoms with van der Waals surface area (Å²) in [5.41, 5.74) is 3.18. The maximum atomic E-state index is 14.7. The first-order valence-corrected chi connectivity index (χ1v) is 10.7. The molecule has 31 heavy (non-hydrogen) atoms. The Kier molecular flexibility index (Phi) is 5.38. The minimum atomic E-state index is -0.659. The Balaban J connectivity index is 1.83. The van der Waals surface area contributed by atoms with Gasteiger partial charge in [-0.2, -0.15) is 0 Å². The number of rotatable bonds is 3. The van der Waals surface area contributed by atoms with Crippen molar-refractivity contribution in [3.05, 3.63) is 83.1 Å². The molecule has 0 saturated carbocycles. The predicted molar refractivity (Wildman–Crippen MR) is 120 cm³/mol. The summed E-state index contributed by atoms with van der Waals surface area (Å²) in [5, 5.41) is 4.74. The molecule has 3 nitrogen and oxygen atoms in total. The standard InChI is InChI=1S/C25H20ClF2N3/c26-19-5-2-1-4-16(19)18-14-22(15-8-11-29-12-9-15)31-24-17(18)10-13-30-25(24)23-20(27)6-3-7-21(23)28/h1-7,10,13-15,29H,8-9,11-12H2. The number of nitrogens with zero attached hydrogens (tertiary/aromatic N) is 2. The number of hydrogen-bond donors (Lipinski definition) is 1. The summed E-state index contributed by atoms with van der Waals surface area (Å²) < 4.78 is 29.3. The largest absolute Gasteiger partial charge is 0.317 e. The van der Waals surface area contributed by atoms with Crippen molar-refractivity contribution in [1.29, 1.82) is 0 Å². The van der Waals surface area contributed by atoms with Gasteiger partial charge in [0.15, 0.2) is 0 Å². The molecule has 6 heteroatoms. The lowest BCUT2D eigenvalue weighted by molar-refractivity contribution is 0.454. The van der Waals surface area contributed by atoms with E-state index >= 15 is 0 Å². The van der Waals surface area contributed by atoms with E-state index in [0.717, 1.165) is 48.1 Å². The quantitative estimate of drug-likeness (QED) is 0.406. The maximum Gasteiger partial charge on any atom is 0.135 e. The average Bonchev–Trinajstić information content (AvgIpc) is 2.79. The number of fused-ring (bicyclic) bond motifs is 1. The van der Waals surface area contributed by atoms with Gasteiger partial charge in [0.05, 0.1) is 11.1 Å². The molecule has 0 bridgehead atoms. The summed E-state index contributed by atoms with van der Waals surface area (Å²) in [6, 6.07) is 15.3. The van der Waals surface area contributed by atoms with Crippen molar-refractivity contribution in [3.63, 3.8) is 0 Å². The molecule has 4 aromatic rings. The third kappa shape index (κ3) is 3.68. The number of halogens is 3. The molecule has 156 valence electrons. The summed E-state index contributed by atoms with van der Waals surface area (Å²) in [6.45, 7) is 1.82. The molecule has 2 aromatic carbocycles. The normalized spacial score (nSPS) is 14.8. The zero-order valence-electron chi connectivity index (χ0n) is 16.7. The highest BCUT2D eigenvalue weighted by atomic mass is 35.5. The Labute approximate surface area is 184 Å². The Morgan fingerprint density at radius 1 is 0.903 bits per heavy atom. The zero-order chi connectivity index (χ0) is 21.4. The van der Waals surface area contributed by atoms with Crippen LogP contribution in [0.25, 0.3) is 33.3 Å². The third-order valence-electron chi connectivity index (χ3n) is 5.87. The van der Waals surface area contributed by atoms with Gasteiger partial charge in [-0.25, -0.2) is 8.78 Å². The Hall–Kier alpha value is -2.89. The van der Waals surface area contributed by atoms with Crippen LogP contribution < -0.4 is 5.32 Å². The lowest BCUT2D eigenvalue weighted by atomic mass is 9.90. The molecule has 0 atom stereocenters. The Bertz CT molecular complexity index is 1250. The van der Waals surface area contributed by atoms with Crippen molar-refractivity contribution >= 4 is 22.5 Å². The lowest BCUT2D eigenvalue weighted by Gasteiger charge is -2.24. The second-order valence-corrected chi connectivity index (χ2v) is 8.16. The van der Waals surface area contributed by atoms with E-state index in [-0.39, 0.29) is 17.2 Å². The number of hydrogen-bond acceptors (Lipinski definition) is 3. The first-order chi connectivity index (χ1) is 15.1. The molecule has 1 saturated heterocycles. The summed E-state index contributed by atoms with van der Waals surface area (Å²) in [4.78, 5) is 9.26. The van der Waals surface area contributed by atoms with Crippen molar-refractivity contribution in [3.8, 4) is 22.4 Å². The van der Waals surface area contributed by atoms with Gasteiger partial charge in [-0.3, -0.25) is 9.97 Å². The second-order valence-electron chi connectivity index (χ2n) is 7.75. The highest BCUT2D eigenvalue weighted by Crippen LogP contribution is 2.39. The van der Waals surface area contributed by atoms with E-state index in [1.165, 1.54) is 18.2 Å². The molecule has 1 fully saturated rings. The van der Waals surface area contributed by atoms with Gasteiger partial charge >= 0.3 is 0 Å². The predicted octanol–water partition coefficient (Wildman–Crippen LogP) is 6.36. The number of aromatic nitrogens is 2. The zero-order valence-corrected chi connectivity index (χ0v) is 17.5. The van der Waals surface area contributed by atoms with Crippen LogP contribution in [0.2, 0.25) is 5.02 Å². The van der Waals surface area contributed by atoms with Gasteiger partial charge in [0.1, 0.15) is 17.3 Å². The molecule has 5 rings (SSSR count). The SMILES string of the molecule is Fc1cccc(F)c1-c1nccc2c(-c3ccccc3Cl)cc(C3CCNCC3)nc12. The van der Waals surface area contributed by atoms with Crippen molar-refractivity contribution < 1.29 is 8.78 Å². The van der Waals surface area contributed by atoms with Gasteiger partial charge in [-0.1, -0.05) is 35.9 Å². The van der Waals surface area contributed by atoms with Gasteiger partial charge in [0, 0.05) is 33.8 Å². The van der Waals surface area contributed by atoms with Crippen LogP contribution in [0.3, 0.4) is 0 Å². The first kappa shape index (κ1) is 20.0. The van der Waals surface area contributed by atoms with Gasteiger partial charge in [-0.15, -0.1) is 0 Å². The van der Waals surface area contributed by atoms with Gasteiger partial charge in [0.25, 0.3) is 0 Å². The highest BCUT2D eigenvalue weighted by Gasteiger charge is 2.23. The molecule has 0 amide bonds. The molecule has 0 aliphatic carbocycles. The Morgan fingerprint density at radius 3 is 2.39 bits per heavy atom. The molecule has 0 radical (unpaired) electrons. The monoisotopic (exact) mass is 435 g/mol. The fourth-order valence-electron chi connectivity index (χ4n) is 4.31. The molecule has 1 aliphatic heterocycles. The fourth-order valence-corrected chi connectivity index (χ4v) is 4.55. The van der Waals surface area contributed by atoms with Gasteiger partial charge in [0.2, 0.25) is 0 Å². The molecule has 2 aromatic heterocycles. The van der Waals surface area contributed by atoms with Crippen LogP contribution in [-0.4, -0.2) is 23.1 Å². The molecular formula is C25H20ClF2N3. The lowest BCUT2D eigenvalue weighted by Crippen LogP contribution is -2.27. The van der Waals surface area contributed by atoms with E-state index in [1.807, 2.05) is 30.3 Å². The third-order valence-corrected chi connectivity index (χ3v) is 6.20. The number of piperidine rings is 1. The van der Waals surface area contributed by atoms with E-state index in [1.54, 1.807) is 6.20 Å². The summed E-state index contributed by atoms with van der Waals surface area (Å²) in [6.07, 6.45) is 3.46. The minimum absolute atomic E-state index is 0.159. The molecule has 1 N–H and O–H groups in total. The molecule has 0 spiro atoms. The average molecular weight is 436 g/mol. The van der Waals surface area contributed by atoms with Crippen LogP contribution in [0.1, 0.15) is 24.5 Å². The smallest absolute Gasteiger partial charge is 0.135 e. The molecule has 0 unspecified atom stereocenters. The van der Waals surface area contributed by atoms with Crippen molar-refractivity contribution in [2.45, 2.75) is 18.8 Å². The van der Waals surface area contributed by atoms with Gasteiger partial charge < -0.3 is 5.32 Å². The molecular weight excluding hydrogens is 416 g/mol. The maximum absolute atomic E-state index is 14.7. The van der Waals surface area contributed by atoms with Crippen LogP contribution in [-0.2, 0) is 0 Å². The van der Waals surface area contributed by atoms with Crippen molar-refractivity contribution in [2.75, 3.05) is 13.1 Å². The first-order valence-electron chi connectivity index (χ1n) is 10.3. The Morgan fingerprint density at radius 2 is 1.65 bits per heavy atom. The van der Waals surface area contributed by atoms with Crippen LogP contribution in [0, 0.1) is 11.6 Å². The van der Waals surface area contributed by atoms with Crippen LogP contribution >= 0.6 is 11.6 Å². The van der Waals surface area contributed by atoms with E-state index in [0.29, 0.717) is 10.5 Å². The topological polar surface area (TPSA) is 37.8 Å². The van der Waals surface area contributed by atoms with Gasteiger partial charge in [-0.05, 0) is 61.8 Å². The minimum Gasteiger partial charge on any atom is -0.317 e. The summed E-state index contributed by atoms with van der Waals surface area (Å²) >= 11 is 6.54. The fraction of sp³-hybridized carbons (Fsp3) is 0.200. The van der Waals surface area contributed by atoms with Crippen molar-refractivity contribution in [1.82, 2.24) is 15.3 Å². The van der Waals surface area contributed by atoms with E-state index in [9.17, 15) is 8.78 Å².